The summed E-state index contributed by atoms with van der Waals surface area (Å²) >= 11 is 0. The van der Waals surface area contributed by atoms with Crippen LogP contribution >= 0.6 is 0 Å². The van der Waals surface area contributed by atoms with E-state index in [-0.39, 0.29) is 90.7 Å². The van der Waals surface area contributed by atoms with Crippen molar-refractivity contribution in [3.05, 3.63) is 100 Å². The summed E-state index contributed by atoms with van der Waals surface area (Å²) in [4.78, 5) is 33.5. The molecular weight excluding hydrogens is 795 g/mol. The van der Waals surface area contributed by atoms with Crippen molar-refractivity contribution in [2.75, 3.05) is 20.3 Å². The number of para-hydroxylation sites is 1. The number of H-pyrrole nitrogens is 1. The minimum absolute atomic E-state index is 0.00992. The van der Waals surface area contributed by atoms with Crippen LogP contribution in [0.2, 0.25) is 0 Å². The van der Waals surface area contributed by atoms with E-state index < -0.39 is 11.5 Å². The molecule has 3 saturated carbocycles. The number of aliphatic hydroxyl groups is 2. The van der Waals surface area contributed by atoms with E-state index in [0.29, 0.717) is 50.2 Å². The number of benzene rings is 3. The number of Topliss-reactive ketones (excluding diaryl/α,β-unsaturated/α-hetero) is 1. The number of rotatable bonds is 7. The number of phenolic OH excluding ortho intramolecular Hbond substituents is 2. The lowest BCUT2D eigenvalue weighted by Gasteiger charge is -2.54. The van der Waals surface area contributed by atoms with Crippen molar-refractivity contribution in [2.24, 2.45) is 35.0 Å². The fourth-order valence-electron chi connectivity index (χ4n) is 12.6. The first-order chi connectivity index (χ1) is 30.6. The third kappa shape index (κ3) is 7.51. The molecule has 0 saturated heterocycles. The average Bonchev–Trinajstić information content (AvgIpc) is 3.89. The Hall–Kier alpha value is -5.50. The second kappa shape index (κ2) is 16.9. The van der Waals surface area contributed by atoms with Gasteiger partial charge in [-0.25, -0.2) is 0 Å². The van der Waals surface area contributed by atoms with Gasteiger partial charge >= 0.3 is 5.97 Å². The number of fused-ring (bicyclic) bond motifs is 9. The number of allylic oxidation sites excluding steroid dienone is 3. The molecule has 4 aromatic rings. The van der Waals surface area contributed by atoms with Crippen molar-refractivity contribution in [3.8, 4) is 34.8 Å². The Balaban J connectivity index is 1.15. The van der Waals surface area contributed by atoms with E-state index >= 15 is 4.79 Å². The number of nitrogens with one attached hydrogen (secondary N) is 1. The van der Waals surface area contributed by atoms with Crippen molar-refractivity contribution in [1.82, 2.24) is 4.98 Å². The van der Waals surface area contributed by atoms with Crippen LogP contribution in [0.15, 0.2) is 72.3 Å². The van der Waals surface area contributed by atoms with Gasteiger partial charge in [-0.15, -0.1) is 0 Å². The second-order valence-corrected chi connectivity index (χ2v) is 19.0. The molecule has 2 heterocycles. The molecule has 4 bridgehead atoms. The number of carbonyl (C=O) groups excluding carboxylic acids is 2. The molecule has 10 nitrogen and oxygen atoms in total. The second-order valence-electron chi connectivity index (χ2n) is 19.0. The van der Waals surface area contributed by atoms with Crippen molar-refractivity contribution in [2.45, 2.75) is 102 Å². The van der Waals surface area contributed by atoms with E-state index in [9.17, 15) is 25.2 Å². The lowest BCUT2D eigenvalue weighted by molar-refractivity contribution is -0.159. The molecule has 8 atom stereocenters. The average molecular weight is 852 g/mol. The number of methoxy groups -OCH3 is 1. The molecule has 5 N–H and O–H groups in total. The van der Waals surface area contributed by atoms with Gasteiger partial charge in [0.2, 0.25) is 0 Å². The van der Waals surface area contributed by atoms with E-state index in [2.05, 4.69) is 41.1 Å². The number of aromatic amines is 1. The zero-order valence-corrected chi connectivity index (χ0v) is 35.9. The van der Waals surface area contributed by atoms with E-state index in [4.69, 9.17) is 14.2 Å². The van der Waals surface area contributed by atoms with Crippen LogP contribution in [0.5, 0.6) is 23.0 Å². The number of phenols is 2. The predicted molar refractivity (Wildman–Crippen MR) is 238 cm³/mol. The Labute approximate surface area is 368 Å². The van der Waals surface area contributed by atoms with Crippen molar-refractivity contribution >= 4 is 28.2 Å². The van der Waals surface area contributed by atoms with Gasteiger partial charge in [0.25, 0.3) is 0 Å². The molecule has 63 heavy (non-hydrogen) atoms. The number of carbonyl (C=O) groups is 2. The Kier molecular flexibility index (Phi) is 11.1. The third-order valence-corrected chi connectivity index (χ3v) is 15.5. The van der Waals surface area contributed by atoms with Gasteiger partial charge in [-0.2, -0.15) is 0 Å². The van der Waals surface area contributed by atoms with Crippen LogP contribution < -0.4 is 9.47 Å². The molecule has 10 rings (SSSR count). The predicted octanol–water partition coefficient (Wildman–Crippen LogP) is 8.47. The van der Waals surface area contributed by atoms with Crippen LogP contribution in [0.25, 0.3) is 16.5 Å². The van der Waals surface area contributed by atoms with Gasteiger partial charge < -0.3 is 39.6 Å². The lowest BCUT2D eigenvalue weighted by Crippen LogP contribution is -2.47. The number of esters is 1. The summed E-state index contributed by atoms with van der Waals surface area (Å²) in [6.45, 7) is -0.163. The highest BCUT2D eigenvalue weighted by atomic mass is 16.5. The molecule has 5 aliphatic carbocycles. The Morgan fingerprint density at radius 1 is 0.937 bits per heavy atom. The number of aromatic hydroxyl groups is 2. The highest BCUT2D eigenvalue weighted by molar-refractivity contribution is 5.96. The van der Waals surface area contributed by atoms with Gasteiger partial charge in [0.15, 0.2) is 23.0 Å². The summed E-state index contributed by atoms with van der Waals surface area (Å²) in [7, 11) is 1.56. The zero-order valence-electron chi connectivity index (χ0n) is 35.9. The first-order valence-electron chi connectivity index (χ1n) is 23.0. The standard InChI is InChI=1S/C53H57NO9/c1-61-47-29-40-42-27-33(57)25-34(14-10-30-11-17-45(58)48(23-30)62-22-21-55)63-52(60)53(18-4-5-19-53)20-6-8-38-35-7-2-3-9-44(35)54-51(38)50(43(40)28-46(47)59)37-15-12-31-24-41(37)49(42)36-16-13-32(56)26-39(31)36/h2-3,7,9,11-12,15,17,23,28-29,31-32,34,36,39,41-42,49,54-56,58-59H,4-5,8,10,13-14,16,18-19,21-22,24-27H2,1H3/t31-,32+,34-,36+,39+,41-,42+,49-/m1/s1. The molecule has 0 amide bonds. The monoisotopic (exact) mass is 851 g/mol. The Morgan fingerprint density at radius 3 is 2.60 bits per heavy atom. The summed E-state index contributed by atoms with van der Waals surface area (Å²) in [5.41, 5.74) is 6.84. The molecular formula is C53H57NO9. The molecule has 1 aliphatic heterocycles. The summed E-state index contributed by atoms with van der Waals surface area (Å²) in [5, 5.41) is 43.5. The van der Waals surface area contributed by atoms with Crippen LogP contribution in [0.4, 0.5) is 0 Å². The van der Waals surface area contributed by atoms with Crippen LogP contribution in [0, 0.1) is 46.8 Å². The van der Waals surface area contributed by atoms with Crippen LogP contribution in [-0.2, 0) is 27.2 Å². The van der Waals surface area contributed by atoms with Crippen LogP contribution in [0.3, 0.4) is 0 Å². The SMILES string of the molecule is COc1cc2c(cc1O)C1=C3C=C[C@@H]4C[C@H]3[C@@H]([C@H]3CC[C@H](O)C[C@H]34)[C@H]2CC(=O)C[C@@H](CCc2ccc(O)c(OCCO)c2)OC(=O)C2(C#CCc3c1[nH]c1ccccc31)CCCC2. The first kappa shape index (κ1) is 41.5. The number of hydrogen-bond acceptors (Lipinski definition) is 9. The van der Waals surface area contributed by atoms with E-state index in [1.165, 1.54) is 5.57 Å². The Morgan fingerprint density at radius 2 is 1.78 bits per heavy atom. The number of aliphatic hydroxyl groups excluding tert-OH is 2. The molecule has 6 aliphatic rings. The van der Waals surface area contributed by atoms with Gasteiger partial charge in [-0.1, -0.05) is 61.1 Å². The molecule has 0 unspecified atom stereocenters. The Bertz CT molecular complexity index is 2570. The molecule has 3 fully saturated rings. The van der Waals surface area contributed by atoms with Gasteiger partial charge in [0, 0.05) is 35.7 Å². The lowest BCUT2D eigenvalue weighted by atomic mass is 9.51. The van der Waals surface area contributed by atoms with Gasteiger partial charge in [0.05, 0.1) is 25.5 Å². The number of cyclic esters (lactones) is 1. The first-order valence-corrected chi connectivity index (χ1v) is 23.0. The number of ether oxygens (including phenoxy) is 3. The minimum atomic E-state index is -0.988. The molecule has 3 aromatic carbocycles. The van der Waals surface area contributed by atoms with Crippen molar-refractivity contribution in [1.29, 1.82) is 0 Å². The van der Waals surface area contributed by atoms with Gasteiger partial charge in [-0.3, -0.25) is 9.59 Å². The molecule has 0 radical (unpaired) electrons. The zero-order chi connectivity index (χ0) is 43.4. The van der Waals surface area contributed by atoms with Crippen LogP contribution in [-0.4, -0.2) is 69.7 Å². The smallest absolute Gasteiger partial charge is 0.324 e. The maximum absolute atomic E-state index is 15.1. The van der Waals surface area contributed by atoms with Crippen molar-refractivity contribution in [3.63, 3.8) is 0 Å². The van der Waals surface area contributed by atoms with E-state index in [0.717, 1.165) is 76.5 Å². The fourth-order valence-corrected chi connectivity index (χ4v) is 12.6. The number of aryl methyl sites for hydroxylation is 1. The highest BCUT2D eigenvalue weighted by Gasteiger charge is 2.53. The number of hydrogen-bond donors (Lipinski definition) is 5. The van der Waals surface area contributed by atoms with E-state index in [1.54, 1.807) is 25.3 Å². The number of aromatic nitrogens is 1. The molecule has 1 spiro atoms. The van der Waals surface area contributed by atoms with E-state index in [1.807, 2.05) is 24.3 Å². The normalized spacial score (nSPS) is 28.4. The summed E-state index contributed by atoms with van der Waals surface area (Å²) in [6.07, 6.45) is 11.1. The van der Waals surface area contributed by atoms with Gasteiger partial charge in [-0.05, 0) is 145 Å². The maximum Gasteiger partial charge on any atom is 0.324 e. The van der Waals surface area contributed by atoms with Crippen molar-refractivity contribution < 1.29 is 44.2 Å². The maximum atomic E-state index is 15.1. The summed E-state index contributed by atoms with van der Waals surface area (Å²) < 4.78 is 17.9. The number of ketones is 1. The van der Waals surface area contributed by atoms with Crippen LogP contribution in [0.1, 0.15) is 104 Å². The summed E-state index contributed by atoms with van der Waals surface area (Å²) in [5.74, 6) is 7.96. The molecule has 10 heteroatoms. The minimum Gasteiger partial charge on any atom is -0.504 e. The topological polar surface area (TPSA) is 159 Å². The fraction of sp³-hybridized carbons (Fsp3) is 0.472. The highest BCUT2D eigenvalue weighted by Crippen LogP contribution is 2.62. The quantitative estimate of drug-likeness (QED) is 0.0909. The molecule has 328 valence electrons. The molecule has 1 aromatic heterocycles. The summed E-state index contributed by atoms with van der Waals surface area (Å²) in [6, 6.07) is 17.1. The third-order valence-electron chi connectivity index (χ3n) is 15.5. The largest absolute Gasteiger partial charge is 0.504 e. The van der Waals surface area contributed by atoms with Gasteiger partial charge in [0.1, 0.15) is 23.9 Å².